The first-order valence-corrected chi connectivity index (χ1v) is 12.0. The number of imidazole rings is 1. The van der Waals surface area contributed by atoms with E-state index in [2.05, 4.69) is 19.8 Å². The summed E-state index contributed by atoms with van der Waals surface area (Å²) in [7, 11) is -0.708. The molecule has 2 N–H and O–H groups in total. The van der Waals surface area contributed by atoms with E-state index >= 15 is 0 Å². The van der Waals surface area contributed by atoms with Crippen LogP contribution in [0.15, 0.2) is 78.5 Å². The van der Waals surface area contributed by atoms with Crippen molar-refractivity contribution in [3.63, 3.8) is 0 Å². The van der Waals surface area contributed by atoms with Gasteiger partial charge in [0.15, 0.2) is 5.03 Å². The lowest BCUT2D eigenvalue weighted by Gasteiger charge is -2.12. The van der Waals surface area contributed by atoms with E-state index in [0.717, 1.165) is 22.9 Å². The number of nitrogens with one attached hydrogen (secondary N) is 2. The minimum Gasteiger partial charge on any atom is -0.496 e. The van der Waals surface area contributed by atoms with Gasteiger partial charge in [-0.3, -0.25) is 18.8 Å². The molecule has 4 aromatic heterocycles. The Bertz CT molecular complexity index is 1670. The molecular weight excluding hydrogens is 466 g/mol. The van der Waals surface area contributed by atoms with Crippen LogP contribution in [0.2, 0.25) is 0 Å². The zero-order chi connectivity index (χ0) is 24.6. The van der Waals surface area contributed by atoms with Crippen LogP contribution in [0.3, 0.4) is 0 Å². The van der Waals surface area contributed by atoms with Crippen LogP contribution in [0, 0.1) is 5.41 Å². The van der Waals surface area contributed by atoms with Gasteiger partial charge in [0.2, 0.25) is 0 Å². The second-order valence-electron chi connectivity index (χ2n) is 7.75. The van der Waals surface area contributed by atoms with Gasteiger partial charge in [-0.05, 0) is 24.3 Å². The second kappa shape index (κ2) is 8.69. The molecule has 11 heteroatoms. The number of methoxy groups -OCH3 is 1. The third-order valence-corrected chi connectivity index (χ3v) is 6.84. The summed E-state index contributed by atoms with van der Waals surface area (Å²) in [5.41, 5.74) is 3.86. The second-order valence-corrected chi connectivity index (χ2v) is 9.38. The summed E-state index contributed by atoms with van der Waals surface area (Å²) in [6.07, 6.45) is 9.03. The first kappa shape index (κ1) is 22.3. The zero-order valence-corrected chi connectivity index (χ0v) is 19.7. The van der Waals surface area contributed by atoms with E-state index in [1.54, 1.807) is 55.8 Å². The number of hydrogen-bond acceptors (Lipinski definition) is 7. The molecule has 0 aliphatic heterocycles. The molecule has 1 aromatic carbocycles. The number of sulfonamides is 1. The molecule has 0 radical (unpaired) electrons. The van der Waals surface area contributed by atoms with Crippen LogP contribution in [0.1, 0.15) is 5.69 Å². The van der Waals surface area contributed by atoms with Crippen molar-refractivity contribution in [2.24, 2.45) is 7.05 Å². The Morgan fingerprint density at radius 3 is 2.57 bits per heavy atom. The Hall–Kier alpha value is -4.51. The van der Waals surface area contributed by atoms with E-state index in [1.165, 1.54) is 10.6 Å². The molecule has 0 bridgehead atoms. The fourth-order valence-electron chi connectivity index (χ4n) is 3.80. The summed E-state index contributed by atoms with van der Waals surface area (Å²) in [4.78, 5) is 8.50. The Balaban J connectivity index is 1.57. The summed E-state index contributed by atoms with van der Waals surface area (Å²) in [6, 6.07) is 12.7. The molecule has 0 saturated heterocycles. The van der Waals surface area contributed by atoms with E-state index in [9.17, 15) is 8.42 Å². The van der Waals surface area contributed by atoms with Crippen molar-refractivity contribution in [1.82, 2.24) is 24.1 Å². The number of nitrogens with zero attached hydrogens (tertiary/aromatic N) is 5. The van der Waals surface area contributed by atoms with Crippen molar-refractivity contribution in [3.8, 4) is 28.0 Å². The molecule has 0 unspecified atom stereocenters. The van der Waals surface area contributed by atoms with Crippen LogP contribution in [-0.2, 0) is 17.1 Å². The standard InChI is InChI=1S/C24H21N7O3S/c1-30-14-18(12-28-30)17-9-20(21(10-25)26-11-17)29-35(32,33)24-13-27-23-8-7-16(15-31(23)24)19-5-3-4-6-22(19)34-2/h3-15,25,29H,1-2H3. The minimum atomic E-state index is -4.08. The number of pyridine rings is 2. The predicted octanol–water partition coefficient (Wildman–Crippen LogP) is 3.60. The van der Waals surface area contributed by atoms with Crippen LogP contribution in [0.25, 0.3) is 27.9 Å². The highest BCUT2D eigenvalue weighted by molar-refractivity contribution is 7.92. The molecule has 0 spiro atoms. The van der Waals surface area contributed by atoms with Crippen LogP contribution in [-0.4, -0.2) is 45.9 Å². The van der Waals surface area contributed by atoms with Gasteiger partial charge >= 0.3 is 0 Å². The molecule has 10 nitrogen and oxygen atoms in total. The van der Waals surface area contributed by atoms with Gasteiger partial charge in [-0.2, -0.15) is 13.5 Å². The quantitative estimate of drug-likeness (QED) is 0.338. The highest BCUT2D eigenvalue weighted by Crippen LogP contribution is 2.31. The largest absolute Gasteiger partial charge is 0.496 e. The van der Waals surface area contributed by atoms with E-state index in [4.69, 9.17) is 10.1 Å². The van der Waals surface area contributed by atoms with Gasteiger partial charge < -0.3 is 10.1 Å². The van der Waals surface area contributed by atoms with Gasteiger partial charge in [0, 0.05) is 54.1 Å². The zero-order valence-electron chi connectivity index (χ0n) is 18.9. The molecular formula is C24H21N7O3S. The van der Waals surface area contributed by atoms with Crippen molar-refractivity contribution in [3.05, 3.63) is 79.1 Å². The fraction of sp³-hybridized carbons (Fsp3) is 0.0833. The molecule has 0 amide bonds. The SMILES string of the molecule is COc1ccccc1-c1ccc2ncc(S(=O)(=O)Nc3cc(-c4cnn(C)c4)cnc3C=N)n2c1. The maximum atomic E-state index is 13.5. The monoisotopic (exact) mass is 487 g/mol. The summed E-state index contributed by atoms with van der Waals surface area (Å²) >= 11 is 0. The fourth-order valence-corrected chi connectivity index (χ4v) is 4.95. The Morgan fingerprint density at radius 1 is 1.00 bits per heavy atom. The molecule has 0 aliphatic rings. The number of para-hydroxylation sites is 1. The number of aryl methyl sites for hydroxylation is 1. The first-order valence-electron chi connectivity index (χ1n) is 10.5. The Labute approximate surface area is 201 Å². The Kier molecular flexibility index (Phi) is 5.53. The minimum absolute atomic E-state index is 0.0491. The third-order valence-electron chi connectivity index (χ3n) is 5.50. The molecule has 0 fully saturated rings. The molecule has 0 atom stereocenters. The van der Waals surface area contributed by atoms with Crippen LogP contribution < -0.4 is 9.46 Å². The number of benzene rings is 1. The van der Waals surface area contributed by atoms with E-state index < -0.39 is 10.0 Å². The lowest BCUT2D eigenvalue weighted by Crippen LogP contribution is -2.16. The summed E-state index contributed by atoms with van der Waals surface area (Å²) in [6.45, 7) is 0. The highest BCUT2D eigenvalue weighted by Gasteiger charge is 2.22. The van der Waals surface area contributed by atoms with E-state index in [1.807, 2.05) is 30.3 Å². The molecule has 0 aliphatic carbocycles. The highest BCUT2D eigenvalue weighted by atomic mass is 32.2. The number of aromatic nitrogens is 5. The molecule has 5 rings (SSSR count). The van der Waals surface area contributed by atoms with Gasteiger partial charge in [0.1, 0.15) is 17.1 Å². The van der Waals surface area contributed by atoms with E-state index in [0.29, 0.717) is 17.0 Å². The Morgan fingerprint density at radius 2 is 1.83 bits per heavy atom. The molecule has 0 saturated carbocycles. The third kappa shape index (κ3) is 4.13. The van der Waals surface area contributed by atoms with Crippen LogP contribution in [0.4, 0.5) is 5.69 Å². The molecule has 5 aromatic rings. The summed E-state index contributed by atoms with van der Waals surface area (Å²) in [5.74, 6) is 0.670. The molecule has 176 valence electrons. The maximum Gasteiger partial charge on any atom is 0.279 e. The van der Waals surface area contributed by atoms with Crippen molar-refractivity contribution in [1.29, 1.82) is 5.41 Å². The maximum absolute atomic E-state index is 13.5. The van der Waals surface area contributed by atoms with Crippen molar-refractivity contribution in [2.45, 2.75) is 5.03 Å². The number of fused-ring (bicyclic) bond motifs is 1. The number of rotatable bonds is 7. The lowest BCUT2D eigenvalue weighted by molar-refractivity contribution is 0.416. The van der Waals surface area contributed by atoms with Gasteiger partial charge in [-0.15, -0.1) is 0 Å². The van der Waals surface area contributed by atoms with Gasteiger partial charge in [0.05, 0.1) is 25.2 Å². The van der Waals surface area contributed by atoms with Gasteiger partial charge in [0.25, 0.3) is 10.0 Å². The van der Waals surface area contributed by atoms with Crippen LogP contribution >= 0.6 is 0 Å². The number of hydrogen-bond donors (Lipinski definition) is 2. The van der Waals surface area contributed by atoms with Gasteiger partial charge in [-0.25, -0.2) is 4.98 Å². The van der Waals surface area contributed by atoms with E-state index in [-0.39, 0.29) is 16.4 Å². The summed E-state index contributed by atoms with van der Waals surface area (Å²) < 4.78 is 38.1. The topological polar surface area (TPSA) is 127 Å². The van der Waals surface area contributed by atoms with Crippen LogP contribution in [0.5, 0.6) is 5.75 Å². The first-order chi connectivity index (χ1) is 16.9. The average molecular weight is 488 g/mol. The normalized spacial score (nSPS) is 11.5. The predicted molar refractivity (Wildman–Crippen MR) is 132 cm³/mol. The van der Waals surface area contributed by atoms with Gasteiger partial charge in [-0.1, -0.05) is 18.2 Å². The number of ether oxygens (including phenoxy) is 1. The summed E-state index contributed by atoms with van der Waals surface area (Å²) in [5, 5.41) is 11.8. The lowest BCUT2D eigenvalue weighted by atomic mass is 10.1. The smallest absolute Gasteiger partial charge is 0.279 e. The molecule has 4 heterocycles. The molecule has 35 heavy (non-hydrogen) atoms. The van der Waals surface area contributed by atoms with Crippen molar-refractivity contribution >= 4 is 27.6 Å². The average Bonchev–Trinajstić information content (AvgIpc) is 3.50. The number of anilines is 1. The van der Waals surface area contributed by atoms with Crippen molar-refractivity contribution < 1.29 is 13.2 Å². The van der Waals surface area contributed by atoms with Crippen molar-refractivity contribution in [2.75, 3.05) is 11.8 Å².